The van der Waals surface area contributed by atoms with Gasteiger partial charge in [0.25, 0.3) is 0 Å². The van der Waals surface area contributed by atoms with E-state index in [-0.39, 0.29) is 0 Å². The highest BCUT2D eigenvalue weighted by Gasteiger charge is 2.19. The van der Waals surface area contributed by atoms with Crippen molar-refractivity contribution in [2.45, 2.75) is 52.4 Å². The second-order valence-electron chi connectivity index (χ2n) is 6.90. The summed E-state index contributed by atoms with van der Waals surface area (Å²) in [6.07, 6.45) is 5.52. The van der Waals surface area contributed by atoms with Crippen molar-refractivity contribution in [1.29, 1.82) is 0 Å². The van der Waals surface area contributed by atoms with E-state index in [9.17, 15) is 0 Å². The smallest absolute Gasteiger partial charge is 0.0155 e. The first-order valence-corrected chi connectivity index (χ1v) is 8.31. The van der Waals surface area contributed by atoms with Gasteiger partial charge in [0.2, 0.25) is 0 Å². The molecule has 0 saturated heterocycles. The fourth-order valence-electron chi connectivity index (χ4n) is 3.67. The first-order chi connectivity index (χ1) is 10.1. The topological polar surface area (TPSA) is 0 Å². The molecule has 0 bridgehead atoms. The Morgan fingerprint density at radius 3 is 2.10 bits per heavy atom. The summed E-state index contributed by atoms with van der Waals surface area (Å²) >= 11 is 0. The van der Waals surface area contributed by atoms with E-state index in [1.807, 2.05) is 0 Å². The molecule has 110 valence electrons. The second-order valence-corrected chi connectivity index (χ2v) is 6.90. The average molecular weight is 278 g/mol. The predicted octanol–water partition coefficient (Wildman–Crippen LogP) is 6.26. The molecule has 0 radical (unpaired) electrons. The Hall–Kier alpha value is -1.56. The third-order valence-electron chi connectivity index (χ3n) is 5.09. The first-order valence-electron chi connectivity index (χ1n) is 8.31. The van der Waals surface area contributed by atoms with Crippen molar-refractivity contribution in [2.75, 3.05) is 0 Å². The number of rotatable bonds is 2. The number of benzene rings is 2. The van der Waals surface area contributed by atoms with Gasteiger partial charge in [0.1, 0.15) is 0 Å². The summed E-state index contributed by atoms with van der Waals surface area (Å²) in [5.41, 5.74) is 6.96. The van der Waals surface area contributed by atoms with Crippen LogP contribution in [0.2, 0.25) is 0 Å². The molecule has 21 heavy (non-hydrogen) atoms. The third-order valence-corrected chi connectivity index (χ3v) is 5.09. The Bertz CT molecular complexity index is 598. The van der Waals surface area contributed by atoms with E-state index in [4.69, 9.17) is 0 Å². The van der Waals surface area contributed by atoms with E-state index in [1.165, 1.54) is 53.5 Å². The van der Waals surface area contributed by atoms with Gasteiger partial charge in [0.05, 0.1) is 0 Å². The Morgan fingerprint density at radius 2 is 1.48 bits per heavy atom. The van der Waals surface area contributed by atoms with Gasteiger partial charge in [-0.25, -0.2) is 0 Å². The van der Waals surface area contributed by atoms with Gasteiger partial charge in [-0.1, -0.05) is 67.8 Å². The molecule has 0 N–H and O–H groups in total. The molecule has 0 heteroatoms. The first kappa shape index (κ1) is 14.4. The minimum absolute atomic E-state index is 0.786. The van der Waals surface area contributed by atoms with Crippen molar-refractivity contribution < 1.29 is 0 Å². The summed E-state index contributed by atoms with van der Waals surface area (Å²) in [4.78, 5) is 0. The summed E-state index contributed by atoms with van der Waals surface area (Å²) in [6.45, 7) is 6.75. The molecule has 0 unspecified atom stereocenters. The van der Waals surface area contributed by atoms with E-state index < -0.39 is 0 Å². The van der Waals surface area contributed by atoms with Crippen LogP contribution in [0.15, 0.2) is 42.5 Å². The maximum absolute atomic E-state index is 2.39. The van der Waals surface area contributed by atoms with Crippen LogP contribution in [0.25, 0.3) is 11.1 Å². The molecule has 1 aliphatic rings. The molecule has 3 rings (SSSR count). The Kier molecular flexibility index (Phi) is 4.14. The molecule has 0 atom stereocenters. The second kappa shape index (κ2) is 6.05. The molecule has 0 amide bonds. The molecule has 2 aromatic carbocycles. The fraction of sp³-hybridized carbons (Fsp3) is 0.429. The lowest BCUT2D eigenvalue weighted by Crippen LogP contribution is -2.10. The van der Waals surface area contributed by atoms with Crippen LogP contribution in [-0.4, -0.2) is 0 Å². The summed E-state index contributed by atoms with van der Waals surface area (Å²) in [5, 5.41) is 0. The van der Waals surface area contributed by atoms with Gasteiger partial charge in [-0.3, -0.25) is 0 Å². The van der Waals surface area contributed by atoms with Gasteiger partial charge in [-0.05, 0) is 60.8 Å². The van der Waals surface area contributed by atoms with Crippen LogP contribution in [0.4, 0.5) is 0 Å². The molecule has 1 saturated carbocycles. The van der Waals surface area contributed by atoms with Gasteiger partial charge in [0.15, 0.2) is 0 Å². The molecule has 1 aliphatic carbocycles. The number of hydrogen-bond donors (Lipinski definition) is 0. The molecule has 0 spiro atoms. The minimum Gasteiger partial charge on any atom is -0.0625 e. The van der Waals surface area contributed by atoms with Crippen molar-refractivity contribution in [3.8, 4) is 11.1 Å². The van der Waals surface area contributed by atoms with Gasteiger partial charge in [0, 0.05) is 0 Å². The lowest BCUT2D eigenvalue weighted by atomic mass is 9.79. The molecule has 2 aromatic rings. The summed E-state index contributed by atoms with van der Waals surface area (Å²) in [6, 6.07) is 16.1. The van der Waals surface area contributed by atoms with Gasteiger partial charge in [-0.2, -0.15) is 0 Å². The van der Waals surface area contributed by atoms with Crippen molar-refractivity contribution in [3.05, 3.63) is 59.2 Å². The molecule has 0 nitrogen and oxygen atoms in total. The molecular weight excluding hydrogens is 252 g/mol. The van der Waals surface area contributed by atoms with Crippen LogP contribution in [0.5, 0.6) is 0 Å². The van der Waals surface area contributed by atoms with Gasteiger partial charge < -0.3 is 0 Å². The van der Waals surface area contributed by atoms with E-state index in [2.05, 4.69) is 63.2 Å². The van der Waals surface area contributed by atoms with E-state index in [0.717, 1.165) is 11.8 Å². The van der Waals surface area contributed by atoms with Crippen molar-refractivity contribution >= 4 is 0 Å². The maximum atomic E-state index is 2.39. The standard InChI is InChI=1S/C21H26/c1-15-4-7-18(8-5-15)19-9-11-20(12-10-19)21-13-6-16(2)14-17(21)3/h6,9-15,18H,4-5,7-8H2,1-3H3. The molecule has 0 heterocycles. The van der Waals surface area contributed by atoms with Crippen LogP contribution < -0.4 is 0 Å². The summed E-state index contributed by atoms with van der Waals surface area (Å²) in [7, 11) is 0. The zero-order valence-corrected chi connectivity index (χ0v) is 13.5. The number of aryl methyl sites for hydroxylation is 2. The zero-order valence-electron chi connectivity index (χ0n) is 13.5. The monoisotopic (exact) mass is 278 g/mol. The van der Waals surface area contributed by atoms with E-state index in [1.54, 1.807) is 0 Å². The Labute approximate surface area is 129 Å². The highest BCUT2D eigenvalue weighted by atomic mass is 14.2. The third kappa shape index (κ3) is 3.20. The quantitative estimate of drug-likeness (QED) is 0.608. The number of hydrogen-bond acceptors (Lipinski definition) is 0. The van der Waals surface area contributed by atoms with Crippen LogP contribution in [0, 0.1) is 19.8 Å². The summed E-state index contributed by atoms with van der Waals surface area (Å²) < 4.78 is 0. The Balaban J connectivity index is 1.80. The molecular formula is C21H26. The Morgan fingerprint density at radius 1 is 0.810 bits per heavy atom. The van der Waals surface area contributed by atoms with Crippen LogP contribution in [0.3, 0.4) is 0 Å². The predicted molar refractivity (Wildman–Crippen MR) is 91.7 cm³/mol. The van der Waals surface area contributed by atoms with Crippen molar-refractivity contribution in [1.82, 2.24) is 0 Å². The van der Waals surface area contributed by atoms with Crippen LogP contribution in [-0.2, 0) is 0 Å². The highest BCUT2D eigenvalue weighted by Crippen LogP contribution is 2.36. The van der Waals surface area contributed by atoms with E-state index >= 15 is 0 Å². The lowest BCUT2D eigenvalue weighted by molar-refractivity contribution is 0.348. The molecule has 0 aromatic heterocycles. The maximum Gasteiger partial charge on any atom is -0.0155 e. The lowest BCUT2D eigenvalue weighted by Gasteiger charge is -2.26. The average Bonchev–Trinajstić information content (AvgIpc) is 2.48. The SMILES string of the molecule is Cc1ccc(-c2ccc(C3CCC(C)CC3)cc2)c(C)c1. The summed E-state index contributed by atoms with van der Waals surface area (Å²) in [5.74, 6) is 1.71. The largest absolute Gasteiger partial charge is 0.0625 e. The molecule has 0 aliphatic heterocycles. The minimum atomic E-state index is 0.786. The van der Waals surface area contributed by atoms with E-state index in [0.29, 0.717) is 0 Å². The van der Waals surface area contributed by atoms with Crippen LogP contribution >= 0.6 is 0 Å². The fourth-order valence-corrected chi connectivity index (χ4v) is 3.67. The van der Waals surface area contributed by atoms with Gasteiger partial charge in [-0.15, -0.1) is 0 Å². The highest BCUT2D eigenvalue weighted by molar-refractivity contribution is 5.67. The molecule has 1 fully saturated rings. The van der Waals surface area contributed by atoms with Crippen molar-refractivity contribution in [2.24, 2.45) is 5.92 Å². The normalized spacial score (nSPS) is 22.2. The zero-order chi connectivity index (χ0) is 14.8. The van der Waals surface area contributed by atoms with Gasteiger partial charge >= 0.3 is 0 Å². The van der Waals surface area contributed by atoms with Crippen molar-refractivity contribution in [3.63, 3.8) is 0 Å². The van der Waals surface area contributed by atoms with Crippen LogP contribution in [0.1, 0.15) is 55.2 Å².